The van der Waals surface area contributed by atoms with Crippen molar-refractivity contribution in [3.05, 3.63) is 101 Å². The van der Waals surface area contributed by atoms with Crippen LogP contribution < -0.4 is 15.8 Å². The zero-order chi connectivity index (χ0) is 30.1. The molecule has 0 aromatic heterocycles. The lowest BCUT2D eigenvalue weighted by atomic mass is 9.95. The third-order valence-corrected chi connectivity index (χ3v) is 8.84. The molecule has 0 bridgehead atoms. The number of hydrogen-bond donors (Lipinski definition) is 4. The summed E-state index contributed by atoms with van der Waals surface area (Å²) in [4.78, 5) is 28.5. The summed E-state index contributed by atoms with van der Waals surface area (Å²) in [5.74, 6) is -1.03. The predicted octanol–water partition coefficient (Wildman–Crippen LogP) is 2.58. The highest BCUT2D eigenvalue weighted by Crippen LogP contribution is 2.20. The van der Waals surface area contributed by atoms with Gasteiger partial charge in [0, 0.05) is 25.2 Å². The number of sulfonamides is 1. The molecule has 1 saturated heterocycles. The van der Waals surface area contributed by atoms with E-state index < -0.39 is 27.9 Å². The number of carbonyl (C=O) groups excluding carboxylic acids is 2. The molecule has 11 heteroatoms. The van der Waals surface area contributed by atoms with Crippen LogP contribution in [0.4, 0.5) is 0 Å². The fourth-order valence-electron chi connectivity index (χ4n) is 5.03. The molecule has 5 N–H and O–H groups in total. The van der Waals surface area contributed by atoms with Crippen molar-refractivity contribution in [3.8, 4) is 0 Å². The Kier molecular flexibility index (Phi) is 10.3. The van der Waals surface area contributed by atoms with Gasteiger partial charge in [0.2, 0.25) is 21.8 Å². The van der Waals surface area contributed by atoms with Crippen LogP contribution in [0.1, 0.15) is 35.1 Å². The van der Waals surface area contributed by atoms with E-state index in [4.69, 9.17) is 10.9 Å². The molecule has 1 fully saturated rings. The molecule has 0 spiro atoms. The summed E-state index contributed by atoms with van der Waals surface area (Å²) in [6.45, 7) is 2.96. The van der Waals surface area contributed by atoms with E-state index in [1.54, 1.807) is 41.3 Å². The molecule has 1 heterocycles. The Morgan fingerprint density at radius 2 is 1.76 bits per heavy atom. The van der Waals surface area contributed by atoms with Crippen molar-refractivity contribution >= 4 is 27.7 Å². The molecular weight excluding hydrogens is 554 g/mol. The number of likely N-dealkylation sites (tertiary alicyclic amines) is 1. The number of amides is 2. The quantitative estimate of drug-likeness (QED) is 0.116. The Balaban J connectivity index is 1.50. The van der Waals surface area contributed by atoms with Gasteiger partial charge < -0.3 is 21.2 Å². The third-order valence-electron chi connectivity index (χ3n) is 7.36. The van der Waals surface area contributed by atoms with E-state index in [1.165, 1.54) is 12.1 Å². The van der Waals surface area contributed by atoms with Gasteiger partial charge in [0.1, 0.15) is 6.04 Å². The molecule has 2 unspecified atom stereocenters. The lowest BCUT2D eigenvalue weighted by Crippen LogP contribution is -2.53. The van der Waals surface area contributed by atoms with Gasteiger partial charge in [-0.3, -0.25) is 9.59 Å². The first-order valence-corrected chi connectivity index (χ1v) is 15.4. The molecule has 0 aliphatic carbocycles. The first-order chi connectivity index (χ1) is 20.2. The van der Waals surface area contributed by atoms with Gasteiger partial charge in [0.05, 0.1) is 10.8 Å². The monoisotopic (exact) mass is 591 g/mol. The largest absolute Gasteiger partial charge is 0.409 e. The molecule has 10 nitrogen and oxygen atoms in total. The third kappa shape index (κ3) is 8.17. The SMILES string of the molecule is Cc1ccc(S(=O)(=O)NC(Cc2cccc(C(N)=NO)c2)C(=O)N2CCCC(C(=O)NCCc3ccccc3)C2)cc1. The zero-order valence-electron chi connectivity index (χ0n) is 23.6. The Morgan fingerprint density at radius 1 is 1.05 bits per heavy atom. The molecule has 1 aliphatic rings. The second kappa shape index (κ2) is 14.1. The Morgan fingerprint density at radius 3 is 2.48 bits per heavy atom. The lowest BCUT2D eigenvalue weighted by molar-refractivity contribution is -0.137. The van der Waals surface area contributed by atoms with Crippen LogP contribution in [0.3, 0.4) is 0 Å². The maximum absolute atomic E-state index is 13.9. The van der Waals surface area contributed by atoms with E-state index >= 15 is 0 Å². The van der Waals surface area contributed by atoms with Crippen LogP contribution in [-0.4, -0.2) is 61.9 Å². The van der Waals surface area contributed by atoms with E-state index in [1.807, 2.05) is 37.3 Å². The average Bonchev–Trinajstić information content (AvgIpc) is 3.00. The Hall–Kier alpha value is -4.22. The average molecular weight is 592 g/mol. The second-order valence-electron chi connectivity index (χ2n) is 10.5. The fraction of sp³-hybridized carbons (Fsp3) is 0.323. The topological polar surface area (TPSA) is 154 Å². The van der Waals surface area contributed by atoms with Crippen LogP contribution in [-0.2, 0) is 32.5 Å². The van der Waals surface area contributed by atoms with Gasteiger partial charge >= 0.3 is 0 Å². The summed E-state index contributed by atoms with van der Waals surface area (Å²) in [7, 11) is -4.04. The summed E-state index contributed by atoms with van der Waals surface area (Å²) in [6.07, 6.45) is 2.00. The van der Waals surface area contributed by atoms with Crippen molar-refractivity contribution < 1.29 is 23.2 Å². The number of amidine groups is 1. The van der Waals surface area contributed by atoms with Crippen LogP contribution in [0.15, 0.2) is 88.9 Å². The summed E-state index contributed by atoms with van der Waals surface area (Å²) >= 11 is 0. The Labute approximate surface area is 246 Å². The summed E-state index contributed by atoms with van der Waals surface area (Å²) in [5.41, 5.74) is 8.84. The number of hydrogen-bond acceptors (Lipinski definition) is 6. The van der Waals surface area contributed by atoms with Crippen molar-refractivity contribution in [2.45, 2.75) is 43.5 Å². The number of carbonyl (C=O) groups is 2. The van der Waals surface area contributed by atoms with Gasteiger partial charge in [-0.15, -0.1) is 0 Å². The number of oxime groups is 1. The molecule has 0 saturated carbocycles. The number of piperidine rings is 1. The van der Waals surface area contributed by atoms with E-state index in [-0.39, 0.29) is 29.6 Å². The van der Waals surface area contributed by atoms with Crippen molar-refractivity contribution in [1.82, 2.24) is 14.9 Å². The maximum Gasteiger partial charge on any atom is 0.241 e. The van der Waals surface area contributed by atoms with E-state index in [0.717, 1.165) is 11.1 Å². The summed E-state index contributed by atoms with van der Waals surface area (Å²) in [6, 6.07) is 21.8. The minimum absolute atomic E-state index is 0.0287. The van der Waals surface area contributed by atoms with Crippen LogP contribution in [0.25, 0.3) is 0 Å². The maximum atomic E-state index is 13.9. The molecular formula is C31H37N5O5S. The van der Waals surface area contributed by atoms with Crippen molar-refractivity contribution in [3.63, 3.8) is 0 Å². The molecule has 2 amide bonds. The van der Waals surface area contributed by atoms with E-state index in [0.29, 0.717) is 43.5 Å². The summed E-state index contributed by atoms with van der Waals surface area (Å²) in [5, 5.41) is 15.1. The fourth-order valence-corrected chi connectivity index (χ4v) is 6.22. The van der Waals surface area contributed by atoms with Crippen LogP contribution in [0.2, 0.25) is 0 Å². The zero-order valence-corrected chi connectivity index (χ0v) is 24.4. The summed E-state index contributed by atoms with van der Waals surface area (Å²) < 4.78 is 29.3. The molecule has 3 aromatic carbocycles. The predicted molar refractivity (Wildman–Crippen MR) is 160 cm³/mol. The van der Waals surface area contributed by atoms with Gasteiger partial charge in [-0.1, -0.05) is 71.4 Å². The second-order valence-corrected chi connectivity index (χ2v) is 12.2. The van der Waals surface area contributed by atoms with Crippen molar-refractivity contribution in [1.29, 1.82) is 0 Å². The standard InChI is InChI=1S/C31H37N5O5S/c1-22-12-14-27(15-13-22)42(40,41)35-28(20-24-9-5-10-25(19-24)29(32)34-39)31(38)36-18-6-11-26(21-36)30(37)33-17-16-23-7-3-2-4-8-23/h2-5,7-10,12-15,19,26,28,35,39H,6,11,16-18,20-21H2,1H3,(H2,32,34)(H,33,37). The number of aryl methyl sites for hydroxylation is 1. The molecule has 3 aromatic rings. The van der Waals surface area contributed by atoms with Gasteiger partial charge in [-0.25, -0.2) is 8.42 Å². The molecule has 1 aliphatic heterocycles. The van der Waals surface area contributed by atoms with Gasteiger partial charge in [-0.05, 0) is 61.9 Å². The number of nitrogens with one attached hydrogen (secondary N) is 2. The van der Waals surface area contributed by atoms with Crippen LogP contribution in [0.5, 0.6) is 0 Å². The normalized spacial score (nSPS) is 16.5. The minimum Gasteiger partial charge on any atom is -0.409 e. The van der Waals surface area contributed by atoms with Crippen LogP contribution in [0, 0.1) is 12.8 Å². The lowest BCUT2D eigenvalue weighted by Gasteiger charge is -2.34. The number of rotatable bonds is 11. The molecule has 42 heavy (non-hydrogen) atoms. The van der Waals surface area contributed by atoms with Crippen molar-refractivity contribution in [2.24, 2.45) is 16.8 Å². The molecule has 0 radical (unpaired) electrons. The van der Waals surface area contributed by atoms with Gasteiger partial charge in [-0.2, -0.15) is 4.72 Å². The molecule has 4 rings (SSSR count). The molecule has 222 valence electrons. The van der Waals surface area contributed by atoms with Gasteiger partial charge in [0.25, 0.3) is 0 Å². The minimum atomic E-state index is -4.04. The van der Waals surface area contributed by atoms with E-state index in [9.17, 15) is 18.0 Å². The Bertz CT molecular complexity index is 1510. The van der Waals surface area contributed by atoms with Gasteiger partial charge in [0.15, 0.2) is 5.84 Å². The van der Waals surface area contributed by atoms with E-state index in [2.05, 4.69) is 15.2 Å². The van der Waals surface area contributed by atoms with Crippen LogP contribution >= 0.6 is 0 Å². The van der Waals surface area contributed by atoms with Crippen molar-refractivity contribution in [2.75, 3.05) is 19.6 Å². The number of nitrogens with two attached hydrogens (primary N) is 1. The highest BCUT2D eigenvalue weighted by atomic mass is 32.2. The first kappa shape index (κ1) is 30.7. The molecule has 2 atom stereocenters. The highest BCUT2D eigenvalue weighted by Gasteiger charge is 2.34. The number of benzene rings is 3. The smallest absolute Gasteiger partial charge is 0.241 e. The highest BCUT2D eigenvalue weighted by molar-refractivity contribution is 7.89. The first-order valence-electron chi connectivity index (χ1n) is 13.9. The number of nitrogens with zero attached hydrogens (tertiary/aromatic N) is 2.